The molecule has 0 saturated heterocycles. The van der Waals surface area contributed by atoms with Gasteiger partial charge in [0.05, 0.1) is 71.5 Å². The number of anilines is 2. The van der Waals surface area contributed by atoms with Gasteiger partial charge in [-0.3, -0.25) is 19.6 Å². The van der Waals surface area contributed by atoms with Crippen molar-refractivity contribution in [2.24, 2.45) is 57.3 Å². The van der Waals surface area contributed by atoms with Crippen LogP contribution in [0.1, 0.15) is 207 Å². The van der Waals surface area contributed by atoms with Gasteiger partial charge in [0.25, 0.3) is 0 Å². The Morgan fingerprint density at radius 3 is 0.976 bits per heavy atom. The minimum Gasteiger partial charge on any atom is -0.507 e. The normalized spacial score (nSPS) is 15.4. The second kappa shape index (κ2) is 36.3. The number of ether oxygens (including phenoxy) is 4. The summed E-state index contributed by atoms with van der Waals surface area (Å²) in [4.78, 5) is 39.5. The van der Waals surface area contributed by atoms with Crippen LogP contribution in [-0.4, -0.2) is 60.6 Å². The van der Waals surface area contributed by atoms with Crippen LogP contribution in [0.3, 0.4) is 0 Å². The molecule has 4 atom stereocenters. The van der Waals surface area contributed by atoms with Gasteiger partial charge >= 0.3 is 0 Å². The molecule has 12 heteroatoms. The summed E-state index contributed by atoms with van der Waals surface area (Å²) in [5.74, 6) is 5.07. The first-order chi connectivity index (χ1) is 40.3. The highest BCUT2D eigenvalue weighted by Gasteiger charge is 2.22. The molecule has 1 heterocycles. The van der Waals surface area contributed by atoms with Crippen molar-refractivity contribution in [1.29, 1.82) is 0 Å². The number of phenolic OH excluding ortho intramolecular Hbond substituents is 2. The summed E-state index contributed by atoms with van der Waals surface area (Å²) in [6.07, 6.45) is 23.2. The molecule has 0 amide bonds. The minimum absolute atomic E-state index is 0.0902. The van der Waals surface area contributed by atoms with Crippen molar-refractivity contribution in [3.63, 3.8) is 0 Å². The molecule has 4 N–H and O–H groups in total. The zero-order valence-corrected chi connectivity index (χ0v) is 53.2. The second-order valence-electron chi connectivity index (χ2n) is 25.6. The fourth-order valence-corrected chi connectivity index (χ4v) is 10.1. The number of para-hydroxylation sites is 2. The molecule has 1 aliphatic heterocycles. The maximum Gasteiger partial charge on any atom is 0.199 e. The molecule has 0 bridgehead atoms. The number of fused-ring (bicyclic) bond motifs is 2. The van der Waals surface area contributed by atoms with Gasteiger partial charge in [0.15, 0.2) is 34.6 Å². The summed E-state index contributed by atoms with van der Waals surface area (Å²) in [6, 6.07) is 20.1. The number of benzene rings is 4. The van der Waals surface area contributed by atoms with E-state index >= 15 is 0 Å². The number of hydrogen-bond donors (Lipinski definition) is 4. The molecular formula is C72H104N4O8. The van der Waals surface area contributed by atoms with E-state index in [1.165, 1.54) is 50.2 Å². The molecule has 84 heavy (non-hydrogen) atoms. The van der Waals surface area contributed by atoms with Crippen molar-refractivity contribution in [1.82, 2.24) is 0 Å². The number of nitrogens with one attached hydrogen (secondary N) is 2. The summed E-state index contributed by atoms with van der Waals surface area (Å²) >= 11 is 0. The van der Waals surface area contributed by atoms with Crippen LogP contribution in [-0.2, 0) is 0 Å². The predicted octanol–water partition coefficient (Wildman–Crippen LogP) is 19.5. The molecule has 5 rings (SSSR count). The minimum atomic E-state index is -0.484. The lowest BCUT2D eigenvalue weighted by atomic mass is 9.97. The number of Topliss-reactive ketones (excluding diaryl/α,β-unsaturated/α-hetero) is 2. The molecule has 12 nitrogen and oxygen atoms in total. The zero-order valence-electron chi connectivity index (χ0n) is 53.2. The molecule has 4 aromatic carbocycles. The molecular weight excluding hydrogens is 1050 g/mol. The van der Waals surface area contributed by atoms with Crippen LogP contribution in [0.5, 0.6) is 34.5 Å². The van der Waals surface area contributed by atoms with E-state index < -0.39 is 11.6 Å². The molecule has 0 spiro atoms. The standard InChI is InChI=1S/C72H104N4O8/c1-49(2)21-17-25-53(9)33-37-81-67-41-61-62(42-68(67)82-38-34-54(10)26-18-22-50(3)4)74-46-58(72(80)60-30-14-16-32-66(60)78)48-76-64-44-70(84-40-36-56(12)28-20-24-52(7)8)69(83-39-35-55(11)27-19-23-51(5)6)43-63(64)75-47-57(45-73-61)71(79)59-29-13-15-31-65(59)77/h13-16,29-32,41-56,73,76-78H,17-28,33-40H2,1-12H3/b57-45+,58-48+,74-46?,75-47?/t53-,54-,55-,56-/m0/s1. The summed E-state index contributed by atoms with van der Waals surface area (Å²) in [6.45, 7) is 28.9. The first kappa shape index (κ1) is 68.2. The van der Waals surface area contributed by atoms with Crippen molar-refractivity contribution in [3.05, 3.63) is 107 Å². The second-order valence-corrected chi connectivity index (χ2v) is 25.6. The summed E-state index contributed by atoms with van der Waals surface area (Å²) in [7, 11) is 0. The number of aromatic hydroxyl groups is 2. The van der Waals surface area contributed by atoms with Gasteiger partial charge in [0.2, 0.25) is 0 Å². The highest BCUT2D eigenvalue weighted by Crippen LogP contribution is 2.42. The van der Waals surface area contributed by atoms with Crippen molar-refractivity contribution in [3.8, 4) is 34.5 Å². The Morgan fingerprint density at radius 2 is 0.690 bits per heavy atom. The highest BCUT2D eigenvalue weighted by molar-refractivity contribution is 6.23. The van der Waals surface area contributed by atoms with Crippen LogP contribution >= 0.6 is 0 Å². The molecule has 4 aromatic rings. The summed E-state index contributed by atoms with van der Waals surface area (Å²) in [5.41, 5.74) is 2.07. The maximum atomic E-state index is 14.7. The Labute approximate surface area is 505 Å². The van der Waals surface area contributed by atoms with Crippen molar-refractivity contribution in [2.45, 2.75) is 186 Å². The molecule has 1 aliphatic rings. The number of phenols is 2. The lowest BCUT2D eigenvalue weighted by Gasteiger charge is -2.19. The number of hydrogen-bond acceptors (Lipinski definition) is 12. The van der Waals surface area contributed by atoms with Crippen LogP contribution < -0.4 is 29.6 Å². The Bertz CT molecular complexity index is 2590. The van der Waals surface area contributed by atoms with E-state index in [-0.39, 0.29) is 33.8 Å². The molecule has 0 fully saturated rings. The van der Waals surface area contributed by atoms with E-state index in [1.807, 2.05) is 12.1 Å². The molecule has 460 valence electrons. The predicted molar refractivity (Wildman–Crippen MR) is 349 cm³/mol. The van der Waals surface area contributed by atoms with E-state index in [4.69, 9.17) is 28.9 Å². The van der Waals surface area contributed by atoms with E-state index in [1.54, 1.807) is 60.9 Å². The molecule has 0 aromatic heterocycles. The van der Waals surface area contributed by atoms with E-state index in [0.29, 0.717) is 120 Å². The van der Waals surface area contributed by atoms with E-state index in [0.717, 1.165) is 77.0 Å². The van der Waals surface area contributed by atoms with E-state index in [2.05, 4.69) is 93.7 Å². The fraction of sp³-hybridized carbons (Fsp3) is 0.556. The average Bonchev–Trinajstić information content (AvgIpc) is 3.07. The van der Waals surface area contributed by atoms with Crippen molar-refractivity contribution >= 4 is 46.7 Å². The van der Waals surface area contributed by atoms with Gasteiger partial charge in [-0.05, 0) is 97.3 Å². The fourth-order valence-electron chi connectivity index (χ4n) is 10.1. The Hall–Kier alpha value is -6.56. The Morgan fingerprint density at radius 1 is 0.405 bits per heavy atom. The first-order valence-corrected chi connectivity index (χ1v) is 31.8. The lowest BCUT2D eigenvalue weighted by molar-refractivity contribution is 0.103. The smallest absolute Gasteiger partial charge is 0.199 e. The van der Waals surface area contributed by atoms with Gasteiger partial charge in [-0.25, -0.2) is 0 Å². The zero-order chi connectivity index (χ0) is 61.0. The third-order valence-corrected chi connectivity index (χ3v) is 15.8. The Balaban J connectivity index is 1.67. The number of nitrogens with zero attached hydrogens (tertiary/aromatic N) is 2. The quantitative estimate of drug-likeness (QED) is 0.0323. The van der Waals surface area contributed by atoms with Crippen LogP contribution in [0.2, 0.25) is 0 Å². The van der Waals surface area contributed by atoms with Crippen LogP contribution in [0.15, 0.2) is 106 Å². The van der Waals surface area contributed by atoms with Crippen LogP contribution in [0, 0.1) is 47.3 Å². The van der Waals surface area contributed by atoms with E-state index in [9.17, 15) is 19.8 Å². The summed E-state index contributed by atoms with van der Waals surface area (Å²) < 4.78 is 26.6. The van der Waals surface area contributed by atoms with Gasteiger partial charge in [-0.1, -0.05) is 184 Å². The third kappa shape index (κ3) is 24.2. The van der Waals surface area contributed by atoms with Crippen molar-refractivity contribution < 1.29 is 38.7 Å². The molecule has 0 unspecified atom stereocenters. The maximum absolute atomic E-state index is 14.7. The summed E-state index contributed by atoms with van der Waals surface area (Å²) in [5, 5.41) is 28.9. The molecule has 0 aliphatic carbocycles. The number of aliphatic imine (C=N–C) groups is 2. The molecule has 0 radical (unpaired) electrons. The van der Waals surface area contributed by atoms with Gasteiger partial charge in [0.1, 0.15) is 11.5 Å². The van der Waals surface area contributed by atoms with Crippen LogP contribution in [0.4, 0.5) is 22.7 Å². The van der Waals surface area contributed by atoms with Crippen molar-refractivity contribution in [2.75, 3.05) is 37.1 Å². The number of ketones is 2. The Kier molecular flexibility index (Phi) is 29.5. The number of rotatable bonds is 36. The average molecular weight is 1150 g/mol. The van der Waals surface area contributed by atoms with Gasteiger partial charge in [0, 0.05) is 49.1 Å². The lowest BCUT2D eigenvalue weighted by Crippen LogP contribution is -2.10. The van der Waals surface area contributed by atoms with Gasteiger partial charge in [-0.2, -0.15) is 0 Å². The monoisotopic (exact) mass is 1150 g/mol. The number of carbonyl (C=O) groups excluding carboxylic acids is 2. The number of allylic oxidation sites excluding steroid dienone is 2. The topological polar surface area (TPSA) is 160 Å². The SMILES string of the molecule is CC(C)CCC[C@H](C)CCOc1cc2c(cc1OCC[C@@H](C)CCCC(C)C)N/C=C(/C(=O)c1ccccc1O)C=Nc1cc(OCC[C@@H](C)CCCC(C)C)c(OCC[C@@H](C)CCCC(C)C)cc1N/C=C(/C(=O)c1ccccc1O)C=N2. The van der Waals surface area contributed by atoms with Gasteiger partial charge in [-0.15, -0.1) is 0 Å². The van der Waals surface area contributed by atoms with Crippen LogP contribution in [0.25, 0.3) is 0 Å². The number of carbonyl (C=O) groups is 2. The van der Waals surface area contributed by atoms with Gasteiger partial charge < -0.3 is 39.8 Å². The molecule has 0 saturated carbocycles. The largest absolute Gasteiger partial charge is 0.507 e. The first-order valence-electron chi connectivity index (χ1n) is 31.8. The third-order valence-electron chi connectivity index (χ3n) is 15.8. The highest BCUT2D eigenvalue weighted by atomic mass is 16.5.